The minimum atomic E-state index is -0.245. The summed E-state index contributed by atoms with van der Waals surface area (Å²) in [6.45, 7) is 3.97. The average molecular weight is 350 g/mol. The van der Waals surface area contributed by atoms with Crippen LogP contribution in [-0.4, -0.2) is 34.7 Å². The maximum atomic E-state index is 13.2. The van der Waals surface area contributed by atoms with Crippen LogP contribution < -0.4 is 0 Å². The third-order valence-corrected chi connectivity index (χ3v) is 5.07. The van der Waals surface area contributed by atoms with Crippen LogP contribution in [-0.2, 0) is 16.1 Å². The minimum absolute atomic E-state index is 0.161. The Labute approximate surface area is 152 Å². The number of hydrogen-bond acceptors (Lipinski definition) is 4. The lowest BCUT2D eigenvalue weighted by atomic mass is 9.98. The summed E-state index contributed by atoms with van der Waals surface area (Å²) in [4.78, 5) is 29.7. The van der Waals surface area contributed by atoms with E-state index in [2.05, 4.69) is 11.8 Å². The van der Waals surface area contributed by atoms with Gasteiger partial charge in [0.1, 0.15) is 11.5 Å². The molecule has 0 N–H and O–H groups in total. The molecule has 4 rings (SSSR count). The van der Waals surface area contributed by atoms with Gasteiger partial charge >= 0.3 is 0 Å². The van der Waals surface area contributed by atoms with Gasteiger partial charge in [0.15, 0.2) is 0 Å². The van der Waals surface area contributed by atoms with Crippen LogP contribution in [0.5, 0.6) is 0 Å². The molecule has 2 amide bonds. The number of amides is 2. The monoisotopic (exact) mass is 350 g/mol. The lowest BCUT2D eigenvalue weighted by Crippen LogP contribution is -2.39. The van der Waals surface area contributed by atoms with Crippen molar-refractivity contribution < 1.29 is 14.0 Å². The van der Waals surface area contributed by atoms with Gasteiger partial charge in [-0.3, -0.25) is 14.5 Å². The Morgan fingerprint density at radius 1 is 1.08 bits per heavy atom. The Morgan fingerprint density at radius 2 is 1.88 bits per heavy atom. The summed E-state index contributed by atoms with van der Waals surface area (Å²) in [5.41, 5.74) is 1.84. The molecule has 0 bridgehead atoms. The molecule has 1 fully saturated rings. The minimum Gasteiger partial charge on any atom is -0.467 e. The van der Waals surface area contributed by atoms with Crippen LogP contribution in [0.25, 0.3) is 5.57 Å². The van der Waals surface area contributed by atoms with E-state index in [1.807, 2.05) is 30.3 Å². The van der Waals surface area contributed by atoms with Gasteiger partial charge in [0.2, 0.25) is 0 Å². The molecule has 26 heavy (non-hydrogen) atoms. The predicted octanol–water partition coefficient (Wildman–Crippen LogP) is 3.29. The predicted molar refractivity (Wildman–Crippen MR) is 97.6 cm³/mol. The molecule has 1 saturated heterocycles. The van der Waals surface area contributed by atoms with E-state index in [0.29, 0.717) is 22.9 Å². The molecule has 0 saturated carbocycles. The van der Waals surface area contributed by atoms with Crippen LogP contribution in [0.3, 0.4) is 0 Å². The zero-order chi connectivity index (χ0) is 18.1. The van der Waals surface area contributed by atoms with Crippen LogP contribution in [0.2, 0.25) is 0 Å². The number of nitrogens with zero attached hydrogens (tertiary/aromatic N) is 2. The maximum absolute atomic E-state index is 13.2. The fraction of sp³-hybridized carbons (Fsp3) is 0.333. The topological polar surface area (TPSA) is 53.8 Å². The molecule has 1 aromatic carbocycles. The standard InChI is InChI=1S/C21H22N2O3/c1-15-7-5-11-22(13-15)19-18(16-8-3-2-4-9-16)20(24)23(21(19)25)14-17-10-6-12-26-17/h2-4,6,8-10,12,15H,5,7,11,13-14H2,1H3. The molecular weight excluding hydrogens is 328 g/mol. The highest BCUT2D eigenvalue weighted by atomic mass is 16.3. The number of hydrogen-bond donors (Lipinski definition) is 0. The van der Waals surface area contributed by atoms with Gasteiger partial charge in [-0.25, -0.2) is 0 Å². The van der Waals surface area contributed by atoms with Crippen LogP contribution in [0.1, 0.15) is 31.1 Å². The van der Waals surface area contributed by atoms with E-state index >= 15 is 0 Å². The van der Waals surface area contributed by atoms with Crippen molar-refractivity contribution in [1.82, 2.24) is 9.80 Å². The maximum Gasteiger partial charge on any atom is 0.278 e. The van der Waals surface area contributed by atoms with E-state index in [-0.39, 0.29) is 18.4 Å². The van der Waals surface area contributed by atoms with Crippen molar-refractivity contribution in [1.29, 1.82) is 0 Å². The number of likely N-dealkylation sites (tertiary alicyclic amines) is 1. The summed E-state index contributed by atoms with van der Waals surface area (Å²) >= 11 is 0. The van der Waals surface area contributed by atoms with Crippen LogP contribution >= 0.6 is 0 Å². The Morgan fingerprint density at radius 3 is 2.58 bits per heavy atom. The quantitative estimate of drug-likeness (QED) is 0.794. The van der Waals surface area contributed by atoms with Gasteiger partial charge in [0.25, 0.3) is 11.8 Å². The summed E-state index contributed by atoms with van der Waals surface area (Å²) in [5.74, 6) is 0.646. The first-order chi connectivity index (χ1) is 12.6. The van der Waals surface area contributed by atoms with Crippen molar-refractivity contribution >= 4 is 17.4 Å². The van der Waals surface area contributed by atoms with E-state index in [1.165, 1.54) is 4.90 Å². The molecule has 2 aromatic rings. The van der Waals surface area contributed by atoms with Crippen LogP contribution in [0.4, 0.5) is 0 Å². The van der Waals surface area contributed by atoms with E-state index in [0.717, 1.165) is 31.5 Å². The number of rotatable bonds is 4. The number of carbonyl (C=O) groups excluding carboxylic acids is 2. The molecule has 5 heteroatoms. The molecule has 1 aromatic heterocycles. The van der Waals surface area contributed by atoms with Gasteiger partial charge in [-0.1, -0.05) is 37.3 Å². The second-order valence-electron chi connectivity index (χ2n) is 7.06. The molecule has 0 aliphatic carbocycles. The van der Waals surface area contributed by atoms with E-state index in [4.69, 9.17) is 4.42 Å². The molecule has 2 aliphatic rings. The SMILES string of the molecule is CC1CCCN(C2=C(c3ccccc3)C(=O)N(Cc3ccco3)C2=O)C1. The number of benzene rings is 1. The molecule has 0 radical (unpaired) electrons. The van der Waals surface area contributed by atoms with Crippen LogP contribution in [0.15, 0.2) is 58.8 Å². The Kier molecular flexibility index (Phi) is 4.37. The van der Waals surface area contributed by atoms with Crippen molar-refractivity contribution in [2.75, 3.05) is 13.1 Å². The van der Waals surface area contributed by atoms with Crippen molar-refractivity contribution in [2.45, 2.75) is 26.3 Å². The highest BCUT2D eigenvalue weighted by Gasteiger charge is 2.42. The van der Waals surface area contributed by atoms with Gasteiger partial charge in [0.05, 0.1) is 18.4 Å². The second-order valence-corrected chi connectivity index (χ2v) is 7.06. The average Bonchev–Trinajstić information content (AvgIpc) is 3.24. The van der Waals surface area contributed by atoms with E-state index < -0.39 is 0 Å². The van der Waals surface area contributed by atoms with Crippen molar-refractivity contribution in [3.8, 4) is 0 Å². The normalized spacial score (nSPS) is 21.0. The molecule has 5 nitrogen and oxygen atoms in total. The Bertz CT molecular complexity index is 839. The number of carbonyl (C=O) groups is 2. The molecule has 1 unspecified atom stereocenters. The fourth-order valence-corrected chi connectivity index (χ4v) is 3.82. The highest BCUT2D eigenvalue weighted by Crippen LogP contribution is 2.34. The molecule has 2 aliphatic heterocycles. The van der Waals surface area contributed by atoms with Crippen molar-refractivity contribution in [3.05, 3.63) is 65.7 Å². The summed E-state index contributed by atoms with van der Waals surface area (Å²) in [6.07, 6.45) is 3.74. The third-order valence-electron chi connectivity index (χ3n) is 5.07. The summed E-state index contributed by atoms with van der Waals surface area (Å²) in [6, 6.07) is 13.0. The van der Waals surface area contributed by atoms with Crippen LogP contribution in [0, 0.1) is 5.92 Å². The summed E-state index contributed by atoms with van der Waals surface area (Å²) in [5, 5.41) is 0. The van der Waals surface area contributed by atoms with Gasteiger partial charge < -0.3 is 9.32 Å². The van der Waals surface area contributed by atoms with Gasteiger partial charge in [-0.15, -0.1) is 0 Å². The van der Waals surface area contributed by atoms with Crippen molar-refractivity contribution in [2.24, 2.45) is 5.92 Å². The Balaban J connectivity index is 1.74. The molecule has 1 atom stereocenters. The number of piperidine rings is 1. The van der Waals surface area contributed by atoms with Gasteiger partial charge in [0, 0.05) is 13.1 Å². The largest absolute Gasteiger partial charge is 0.467 e. The highest BCUT2D eigenvalue weighted by molar-refractivity contribution is 6.35. The number of furan rings is 1. The number of imide groups is 1. The summed E-state index contributed by atoms with van der Waals surface area (Å²) in [7, 11) is 0. The van der Waals surface area contributed by atoms with E-state index in [1.54, 1.807) is 18.4 Å². The lowest BCUT2D eigenvalue weighted by molar-refractivity contribution is -0.138. The van der Waals surface area contributed by atoms with E-state index in [9.17, 15) is 9.59 Å². The lowest BCUT2D eigenvalue weighted by Gasteiger charge is -2.33. The summed E-state index contributed by atoms with van der Waals surface area (Å²) < 4.78 is 5.35. The Hall–Kier alpha value is -2.82. The molecular formula is C21H22N2O3. The van der Waals surface area contributed by atoms with Gasteiger partial charge in [-0.2, -0.15) is 0 Å². The molecule has 3 heterocycles. The first-order valence-corrected chi connectivity index (χ1v) is 9.08. The zero-order valence-corrected chi connectivity index (χ0v) is 14.9. The zero-order valence-electron chi connectivity index (χ0n) is 14.9. The molecule has 0 spiro atoms. The first-order valence-electron chi connectivity index (χ1n) is 9.08. The third kappa shape index (κ3) is 2.94. The first kappa shape index (κ1) is 16.6. The fourth-order valence-electron chi connectivity index (χ4n) is 3.82. The van der Waals surface area contributed by atoms with Gasteiger partial charge in [-0.05, 0) is 36.5 Å². The second kappa shape index (κ2) is 6.83. The van der Waals surface area contributed by atoms with Crippen molar-refractivity contribution in [3.63, 3.8) is 0 Å². The molecule has 134 valence electrons. The smallest absolute Gasteiger partial charge is 0.278 e.